The number of rotatable bonds is 2. The SMILES string of the molecule is Cc1cc2c(n1-c1cccc([N+](=O)[O-])c1)CCCC2N. The normalized spacial score (nSPS) is 17.8. The summed E-state index contributed by atoms with van der Waals surface area (Å²) in [5.74, 6) is 0. The van der Waals surface area contributed by atoms with Crippen molar-refractivity contribution in [1.82, 2.24) is 4.57 Å². The Bertz CT molecular complexity index is 676. The highest BCUT2D eigenvalue weighted by Crippen LogP contribution is 2.33. The molecule has 0 spiro atoms. The number of nitrogens with two attached hydrogens (primary N) is 1. The van der Waals surface area contributed by atoms with Crippen LogP contribution in [0.5, 0.6) is 0 Å². The Kier molecular flexibility index (Phi) is 3.06. The van der Waals surface area contributed by atoms with Crippen LogP contribution in [-0.2, 0) is 6.42 Å². The Morgan fingerprint density at radius 3 is 2.95 bits per heavy atom. The fourth-order valence-electron chi connectivity index (χ4n) is 3.04. The number of hydrogen-bond acceptors (Lipinski definition) is 3. The molecular formula is C15H17N3O2. The summed E-state index contributed by atoms with van der Waals surface area (Å²) in [6.45, 7) is 2.02. The van der Waals surface area contributed by atoms with Gasteiger partial charge in [-0.25, -0.2) is 0 Å². The summed E-state index contributed by atoms with van der Waals surface area (Å²) >= 11 is 0. The largest absolute Gasteiger partial charge is 0.324 e. The maximum absolute atomic E-state index is 10.9. The molecule has 0 saturated heterocycles. The Hall–Kier alpha value is -2.14. The number of fused-ring (bicyclic) bond motifs is 1. The molecule has 0 amide bonds. The number of nitrogens with zero attached hydrogens (tertiary/aromatic N) is 2. The van der Waals surface area contributed by atoms with E-state index in [9.17, 15) is 10.1 Å². The predicted octanol–water partition coefficient (Wildman–Crippen LogP) is 3.03. The minimum Gasteiger partial charge on any atom is -0.324 e. The molecule has 2 aromatic rings. The number of nitro groups is 1. The summed E-state index contributed by atoms with van der Waals surface area (Å²) < 4.78 is 2.10. The fourth-order valence-corrected chi connectivity index (χ4v) is 3.04. The van der Waals surface area contributed by atoms with E-state index in [0.717, 1.165) is 30.6 Å². The maximum atomic E-state index is 10.9. The van der Waals surface area contributed by atoms with Crippen LogP contribution < -0.4 is 5.73 Å². The van der Waals surface area contributed by atoms with Gasteiger partial charge in [-0.05, 0) is 43.9 Å². The minimum atomic E-state index is -0.361. The lowest BCUT2D eigenvalue weighted by molar-refractivity contribution is -0.384. The monoisotopic (exact) mass is 271 g/mol. The number of benzene rings is 1. The van der Waals surface area contributed by atoms with Gasteiger partial charge in [-0.2, -0.15) is 0 Å². The first-order valence-corrected chi connectivity index (χ1v) is 6.79. The molecule has 0 bridgehead atoms. The van der Waals surface area contributed by atoms with E-state index in [1.54, 1.807) is 12.1 Å². The van der Waals surface area contributed by atoms with Crippen LogP contribution in [0.3, 0.4) is 0 Å². The number of nitro benzene ring substituents is 1. The summed E-state index contributed by atoms with van der Waals surface area (Å²) in [6.07, 6.45) is 3.04. The first kappa shape index (κ1) is 12.9. The van der Waals surface area contributed by atoms with Gasteiger partial charge in [-0.3, -0.25) is 10.1 Å². The second-order valence-corrected chi connectivity index (χ2v) is 5.30. The Morgan fingerprint density at radius 1 is 1.40 bits per heavy atom. The van der Waals surface area contributed by atoms with Crippen LogP contribution in [-0.4, -0.2) is 9.49 Å². The van der Waals surface area contributed by atoms with Crippen LogP contribution in [0.4, 0.5) is 5.69 Å². The lowest BCUT2D eigenvalue weighted by Gasteiger charge is -2.21. The number of hydrogen-bond donors (Lipinski definition) is 1. The van der Waals surface area contributed by atoms with Crippen molar-refractivity contribution in [2.45, 2.75) is 32.2 Å². The van der Waals surface area contributed by atoms with Gasteiger partial charge in [0.15, 0.2) is 0 Å². The zero-order valence-corrected chi connectivity index (χ0v) is 11.4. The third-order valence-corrected chi connectivity index (χ3v) is 3.95. The fraction of sp³-hybridized carbons (Fsp3) is 0.333. The molecule has 1 aromatic carbocycles. The molecule has 1 aromatic heterocycles. The van der Waals surface area contributed by atoms with E-state index >= 15 is 0 Å². The standard InChI is InChI=1S/C15H17N3O2/c1-10-8-13-14(16)6-3-7-15(13)17(10)11-4-2-5-12(9-11)18(19)20/h2,4-5,8-9,14H,3,6-7,16H2,1H3. The van der Waals surface area contributed by atoms with Crippen LogP contribution >= 0.6 is 0 Å². The van der Waals surface area contributed by atoms with E-state index in [0.29, 0.717) is 0 Å². The van der Waals surface area contributed by atoms with Crippen molar-refractivity contribution in [2.24, 2.45) is 5.73 Å². The zero-order valence-electron chi connectivity index (χ0n) is 11.4. The molecule has 3 rings (SSSR count). The molecule has 1 unspecified atom stereocenters. The summed E-state index contributed by atoms with van der Waals surface area (Å²) in [4.78, 5) is 10.6. The molecule has 5 nitrogen and oxygen atoms in total. The van der Waals surface area contributed by atoms with Crippen molar-refractivity contribution in [2.75, 3.05) is 0 Å². The first-order valence-electron chi connectivity index (χ1n) is 6.79. The maximum Gasteiger partial charge on any atom is 0.271 e. The van der Waals surface area contributed by atoms with Crippen LogP contribution in [0.1, 0.15) is 35.8 Å². The Morgan fingerprint density at radius 2 is 2.20 bits per heavy atom. The first-order chi connectivity index (χ1) is 9.58. The molecule has 2 N–H and O–H groups in total. The molecule has 1 heterocycles. The van der Waals surface area contributed by atoms with E-state index < -0.39 is 0 Å². The van der Waals surface area contributed by atoms with Crippen molar-refractivity contribution in [3.05, 3.63) is 57.4 Å². The van der Waals surface area contributed by atoms with Crippen molar-refractivity contribution in [3.63, 3.8) is 0 Å². The van der Waals surface area contributed by atoms with E-state index in [-0.39, 0.29) is 16.7 Å². The molecular weight excluding hydrogens is 254 g/mol. The van der Waals surface area contributed by atoms with Crippen LogP contribution in [0.2, 0.25) is 0 Å². The predicted molar refractivity (Wildman–Crippen MR) is 77.0 cm³/mol. The quantitative estimate of drug-likeness (QED) is 0.674. The van der Waals surface area contributed by atoms with Crippen molar-refractivity contribution in [3.8, 4) is 5.69 Å². The van der Waals surface area contributed by atoms with E-state index in [1.807, 2.05) is 13.0 Å². The van der Waals surface area contributed by atoms with Gasteiger partial charge in [0.1, 0.15) is 0 Å². The van der Waals surface area contributed by atoms with Gasteiger partial charge in [0.25, 0.3) is 5.69 Å². The highest BCUT2D eigenvalue weighted by atomic mass is 16.6. The molecule has 1 aliphatic carbocycles. The summed E-state index contributed by atoms with van der Waals surface area (Å²) in [5, 5.41) is 10.9. The molecule has 104 valence electrons. The molecule has 0 fully saturated rings. The molecule has 0 saturated carbocycles. The average Bonchev–Trinajstić information content (AvgIpc) is 2.77. The van der Waals surface area contributed by atoms with Crippen LogP contribution in [0.25, 0.3) is 5.69 Å². The Balaban J connectivity index is 2.15. The van der Waals surface area contributed by atoms with Gasteiger partial charge in [0.2, 0.25) is 0 Å². The van der Waals surface area contributed by atoms with Crippen molar-refractivity contribution in [1.29, 1.82) is 0 Å². The van der Waals surface area contributed by atoms with Crippen molar-refractivity contribution < 1.29 is 4.92 Å². The van der Waals surface area contributed by atoms with Gasteiger partial charge in [0.05, 0.1) is 10.6 Å². The molecule has 5 heteroatoms. The molecule has 1 atom stereocenters. The number of aromatic nitrogens is 1. The average molecular weight is 271 g/mol. The number of non-ortho nitro benzene ring substituents is 1. The van der Waals surface area contributed by atoms with Gasteiger partial charge in [-0.15, -0.1) is 0 Å². The second kappa shape index (κ2) is 4.76. The lowest BCUT2D eigenvalue weighted by Crippen LogP contribution is -2.18. The Labute approximate surface area is 117 Å². The lowest BCUT2D eigenvalue weighted by atomic mass is 9.93. The second-order valence-electron chi connectivity index (χ2n) is 5.30. The summed E-state index contributed by atoms with van der Waals surface area (Å²) in [5.41, 5.74) is 10.6. The van der Waals surface area contributed by atoms with Crippen LogP contribution in [0, 0.1) is 17.0 Å². The van der Waals surface area contributed by atoms with Crippen LogP contribution in [0.15, 0.2) is 30.3 Å². The summed E-state index contributed by atoms with van der Waals surface area (Å²) in [7, 11) is 0. The van der Waals surface area contributed by atoms with Gasteiger partial charge in [-0.1, -0.05) is 6.07 Å². The van der Waals surface area contributed by atoms with E-state index in [2.05, 4.69) is 10.6 Å². The van der Waals surface area contributed by atoms with Gasteiger partial charge in [0, 0.05) is 29.6 Å². The third kappa shape index (κ3) is 2.00. The molecule has 0 radical (unpaired) electrons. The smallest absolute Gasteiger partial charge is 0.271 e. The number of aryl methyl sites for hydroxylation is 1. The summed E-state index contributed by atoms with van der Waals surface area (Å²) in [6, 6.07) is 8.95. The van der Waals surface area contributed by atoms with Gasteiger partial charge >= 0.3 is 0 Å². The zero-order chi connectivity index (χ0) is 14.3. The highest BCUT2D eigenvalue weighted by molar-refractivity contribution is 5.48. The minimum absolute atomic E-state index is 0.0809. The highest BCUT2D eigenvalue weighted by Gasteiger charge is 2.23. The van der Waals surface area contributed by atoms with E-state index in [1.165, 1.54) is 17.3 Å². The van der Waals surface area contributed by atoms with E-state index in [4.69, 9.17) is 5.73 Å². The molecule has 20 heavy (non-hydrogen) atoms. The van der Waals surface area contributed by atoms with Crippen molar-refractivity contribution >= 4 is 5.69 Å². The third-order valence-electron chi connectivity index (χ3n) is 3.95. The molecule has 0 aliphatic heterocycles. The topological polar surface area (TPSA) is 74.1 Å². The molecule has 1 aliphatic rings. The van der Waals surface area contributed by atoms with Gasteiger partial charge < -0.3 is 10.3 Å².